The zero-order valence-electron chi connectivity index (χ0n) is 25.5. The van der Waals surface area contributed by atoms with Crippen LogP contribution >= 0.6 is 6.89 Å². The molecule has 0 radical (unpaired) electrons. The van der Waals surface area contributed by atoms with Gasteiger partial charge < -0.3 is 4.74 Å². The van der Waals surface area contributed by atoms with E-state index >= 15 is 4.79 Å². The summed E-state index contributed by atoms with van der Waals surface area (Å²) in [6.07, 6.45) is 2.89. The minimum Gasteiger partial charge on any atom is -0.456 e. The molecule has 42 heavy (non-hydrogen) atoms. The number of hydrogen-bond acceptors (Lipinski definition) is 3. The van der Waals surface area contributed by atoms with Crippen molar-refractivity contribution in [3.63, 3.8) is 0 Å². The van der Waals surface area contributed by atoms with Crippen molar-refractivity contribution in [1.82, 2.24) is 0 Å². The van der Waals surface area contributed by atoms with Gasteiger partial charge in [-0.05, 0) is 61.5 Å². The maximum Gasteiger partial charge on any atom is 0.343 e. The molecule has 4 aromatic carbocycles. The van der Waals surface area contributed by atoms with Crippen LogP contribution < -0.4 is 15.9 Å². The van der Waals surface area contributed by atoms with Crippen LogP contribution in [0.1, 0.15) is 65.4 Å². The molecule has 0 fully saturated rings. The van der Waals surface area contributed by atoms with Crippen LogP contribution in [0.15, 0.2) is 121 Å². The number of ether oxygens (including phenoxy) is 1. The van der Waals surface area contributed by atoms with E-state index in [1.807, 2.05) is 100 Å². The highest BCUT2D eigenvalue weighted by Gasteiger charge is 2.41. The fourth-order valence-electron chi connectivity index (χ4n) is 5.75. The van der Waals surface area contributed by atoms with Crippen molar-refractivity contribution in [1.29, 1.82) is 0 Å². The minimum absolute atomic E-state index is 0.0275. The van der Waals surface area contributed by atoms with E-state index in [2.05, 4.69) is 55.5 Å². The first kappa shape index (κ1) is 31.3. The van der Waals surface area contributed by atoms with Crippen LogP contribution in [0.2, 0.25) is 0 Å². The Morgan fingerprint density at radius 3 is 1.48 bits per heavy atom. The molecule has 2 unspecified atom stereocenters. The fraction of sp³-hybridized carbons (Fsp3) is 0.289. The number of rotatable bonds is 11. The number of carbonyl (C=O) groups excluding carboxylic acids is 2. The number of Topliss-reactive ketones (excluding diaryl/α,β-unsaturated/α-hetero) is 1. The molecule has 0 aliphatic carbocycles. The SMILES string of the molecule is CCCCC(c1ccccc1)C(C)C(=O)C(C(=O)OC(C)(C)C)=P(c1ccccc1)(c1ccccc1)c1ccccc1. The summed E-state index contributed by atoms with van der Waals surface area (Å²) in [5, 5.41) is 3.11. The van der Waals surface area contributed by atoms with Gasteiger partial charge in [-0.2, -0.15) is 0 Å². The quantitative estimate of drug-likeness (QED) is 0.104. The van der Waals surface area contributed by atoms with Crippen LogP contribution in [0, 0.1) is 5.92 Å². The van der Waals surface area contributed by atoms with Crippen molar-refractivity contribution in [2.45, 2.75) is 65.4 Å². The second-order valence-corrected chi connectivity index (χ2v) is 15.2. The maximum atomic E-state index is 15.2. The zero-order chi connectivity index (χ0) is 30.2. The van der Waals surface area contributed by atoms with Crippen LogP contribution in [-0.2, 0) is 14.3 Å². The van der Waals surface area contributed by atoms with Crippen LogP contribution in [0.3, 0.4) is 0 Å². The molecule has 0 aliphatic heterocycles. The Labute approximate surface area is 251 Å². The van der Waals surface area contributed by atoms with Crippen LogP contribution in [-0.4, -0.2) is 22.6 Å². The molecule has 0 saturated carbocycles. The van der Waals surface area contributed by atoms with Gasteiger partial charge in [0.1, 0.15) is 10.9 Å². The highest BCUT2D eigenvalue weighted by Crippen LogP contribution is 2.48. The van der Waals surface area contributed by atoms with Crippen LogP contribution in [0.25, 0.3) is 0 Å². The van der Waals surface area contributed by atoms with E-state index in [1.54, 1.807) is 0 Å². The third kappa shape index (κ3) is 6.85. The topological polar surface area (TPSA) is 43.4 Å². The Bertz CT molecular complexity index is 1400. The summed E-state index contributed by atoms with van der Waals surface area (Å²) < 4.78 is 6.14. The van der Waals surface area contributed by atoms with E-state index < -0.39 is 24.4 Å². The lowest BCUT2D eigenvalue weighted by Gasteiger charge is -2.34. The zero-order valence-corrected chi connectivity index (χ0v) is 26.4. The van der Waals surface area contributed by atoms with E-state index in [0.717, 1.165) is 40.7 Å². The third-order valence-electron chi connectivity index (χ3n) is 7.71. The molecular formula is C38H43O3P. The van der Waals surface area contributed by atoms with E-state index in [-0.39, 0.29) is 17.0 Å². The fourth-order valence-corrected chi connectivity index (χ4v) is 10.1. The third-order valence-corrected chi connectivity index (χ3v) is 12.0. The van der Waals surface area contributed by atoms with Crippen LogP contribution in [0.4, 0.5) is 0 Å². The van der Waals surface area contributed by atoms with E-state index in [0.29, 0.717) is 0 Å². The van der Waals surface area contributed by atoms with Gasteiger partial charge in [0.15, 0.2) is 5.78 Å². The number of unbranched alkanes of at least 4 members (excludes halogenated alkanes) is 1. The molecule has 0 N–H and O–H groups in total. The van der Waals surface area contributed by atoms with Crippen molar-refractivity contribution in [2.24, 2.45) is 5.92 Å². The lowest BCUT2D eigenvalue weighted by molar-refractivity contribution is -0.146. The summed E-state index contributed by atoms with van der Waals surface area (Å²) in [4.78, 5) is 29.8. The molecule has 3 nitrogen and oxygen atoms in total. The Kier molecular flexibility index (Phi) is 10.4. The van der Waals surface area contributed by atoms with Gasteiger partial charge in [-0.1, -0.05) is 148 Å². The van der Waals surface area contributed by atoms with Crippen molar-refractivity contribution < 1.29 is 14.3 Å². The van der Waals surface area contributed by atoms with Crippen LogP contribution in [0.5, 0.6) is 0 Å². The number of esters is 1. The molecule has 0 spiro atoms. The standard InChI is InChI=1S/C38H43O3P/c1-6-7-28-34(30-20-12-8-13-21-30)29(2)35(39)36(37(40)41-38(3,4)5)42(31-22-14-9-15-23-31,32-24-16-10-17-25-32)33-26-18-11-19-27-33/h8-27,29,34H,6-7,28H2,1-5H3. The monoisotopic (exact) mass is 578 g/mol. The van der Waals surface area contributed by atoms with Gasteiger partial charge in [0, 0.05) is 5.92 Å². The Morgan fingerprint density at radius 1 is 0.690 bits per heavy atom. The Balaban J connectivity index is 2.14. The molecular weight excluding hydrogens is 535 g/mol. The average Bonchev–Trinajstić information content (AvgIpc) is 3.00. The predicted molar refractivity (Wildman–Crippen MR) is 179 cm³/mol. The van der Waals surface area contributed by atoms with Crippen molar-refractivity contribution >= 4 is 39.8 Å². The number of hydrogen-bond donors (Lipinski definition) is 0. The average molecular weight is 579 g/mol. The lowest BCUT2D eigenvalue weighted by Crippen LogP contribution is -2.43. The van der Waals surface area contributed by atoms with E-state index in [1.165, 1.54) is 0 Å². The van der Waals surface area contributed by atoms with Crippen molar-refractivity contribution in [3.05, 3.63) is 127 Å². The Morgan fingerprint density at radius 2 is 1.10 bits per heavy atom. The lowest BCUT2D eigenvalue weighted by atomic mass is 9.80. The summed E-state index contributed by atoms with van der Waals surface area (Å²) in [7, 11) is 0. The summed E-state index contributed by atoms with van der Waals surface area (Å²) in [6, 6.07) is 40.5. The van der Waals surface area contributed by atoms with Gasteiger partial charge in [-0.15, -0.1) is 0 Å². The van der Waals surface area contributed by atoms with Gasteiger partial charge in [-0.3, -0.25) is 4.79 Å². The van der Waals surface area contributed by atoms with E-state index in [9.17, 15) is 4.79 Å². The van der Waals surface area contributed by atoms with Crippen molar-refractivity contribution in [3.8, 4) is 0 Å². The normalized spacial score (nSPS) is 13.2. The summed E-state index contributed by atoms with van der Waals surface area (Å²) in [6.45, 7) is 6.76. The van der Waals surface area contributed by atoms with Gasteiger partial charge >= 0.3 is 5.97 Å². The summed E-state index contributed by atoms with van der Waals surface area (Å²) in [5.74, 6) is -1.14. The first-order valence-electron chi connectivity index (χ1n) is 15.0. The second-order valence-electron chi connectivity index (χ2n) is 11.8. The molecule has 4 heteroatoms. The molecule has 4 rings (SSSR count). The molecule has 0 heterocycles. The number of benzene rings is 4. The second kappa shape index (κ2) is 14.0. The molecule has 0 saturated heterocycles. The highest BCUT2D eigenvalue weighted by molar-refractivity contribution is 7.97. The van der Waals surface area contributed by atoms with Gasteiger partial charge in [0.25, 0.3) is 0 Å². The van der Waals surface area contributed by atoms with Gasteiger partial charge in [0.2, 0.25) is 0 Å². The predicted octanol–water partition coefficient (Wildman–Crippen LogP) is 7.67. The smallest absolute Gasteiger partial charge is 0.343 e. The summed E-state index contributed by atoms with van der Waals surface area (Å²) >= 11 is 0. The largest absolute Gasteiger partial charge is 0.456 e. The molecule has 0 aliphatic rings. The molecule has 0 bridgehead atoms. The van der Waals surface area contributed by atoms with Crippen molar-refractivity contribution in [2.75, 3.05) is 0 Å². The molecule has 4 aromatic rings. The summed E-state index contributed by atoms with van der Waals surface area (Å²) in [5.41, 5.74) is 0.352. The highest BCUT2D eigenvalue weighted by atomic mass is 31.2. The minimum atomic E-state index is -2.98. The van der Waals surface area contributed by atoms with E-state index in [4.69, 9.17) is 4.74 Å². The first-order valence-corrected chi connectivity index (χ1v) is 16.7. The van der Waals surface area contributed by atoms with Gasteiger partial charge in [-0.25, -0.2) is 4.79 Å². The number of carbonyl (C=O) groups is 2. The Hall–Kier alpha value is -3.68. The first-order chi connectivity index (χ1) is 20.2. The molecule has 0 aromatic heterocycles. The molecule has 218 valence electrons. The number of ketones is 1. The molecule has 0 amide bonds. The van der Waals surface area contributed by atoms with Gasteiger partial charge in [0.05, 0.1) is 0 Å². The molecule has 2 atom stereocenters. The maximum absolute atomic E-state index is 15.2.